The van der Waals surface area contributed by atoms with Crippen molar-refractivity contribution in [1.29, 1.82) is 0 Å². The van der Waals surface area contributed by atoms with E-state index in [1.165, 1.54) is 12.8 Å². The summed E-state index contributed by atoms with van der Waals surface area (Å²) >= 11 is 0. The van der Waals surface area contributed by atoms with Crippen LogP contribution in [0.15, 0.2) is 0 Å². The lowest BCUT2D eigenvalue weighted by molar-refractivity contribution is 0.0153. The molecule has 1 aliphatic rings. The van der Waals surface area contributed by atoms with Crippen LogP contribution in [0.4, 0.5) is 0 Å². The van der Waals surface area contributed by atoms with Gasteiger partial charge in [0.05, 0.1) is 5.60 Å². The quantitative estimate of drug-likeness (QED) is 0.564. The van der Waals surface area contributed by atoms with Crippen LogP contribution < -0.4 is 0 Å². The summed E-state index contributed by atoms with van der Waals surface area (Å²) in [5, 5.41) is 10.6. The third kappa shape index (κ3) is 4.72. The Morgan fingerprint density at radius 1 is 1.24 bits per heavy atom. The van der Waals surface area contributed by atoms with Crippen LogP contribution in [0.25, 0.3) is 0 Å². The average Bonchev–Trinajstić information content (AvgIpc) is 2.40. The van der Waals surface area contributed by atoms with Gasteiger partial charge in [-0.15, -0.1) is 11.8 Å². The van der Waals surface area contributed by atoms with Gasteiger partial charge in [0.2, 0.25) is 0 Å². The monoisotopic (exact) mass is 236 g/mol. The lowest BCUT2D eigenvalue weighted by Crippen LogP contribution is -2.28. The van der Waals surface area contributed by atoms with Crippen LogP contribution in [0.3, 0.4) is 0 Å². The van der Waals surface area contributed by atoms with Gasteiger partial charge in [0.15, 0.2) is 0 Å². The van der Waals surface area contributed by atoms with Crippen LogP contribution in [0.2, 0.25) is 0 Å². The second-order valence-corrected chi connectivity index (χ2v) is 6.64. The van der Waals surface area contributed by atoms with Crippen LogP contribution in [0, 0.1) is 23.2 Å². The average molecular weight is 236 g/mol. The Labute approximate surface area is 107 Å². The second-order valence-electron chi connectivity index (χ2n) is 6.64. The summed E-state index contributed by atoms with van der Waals surface area (Å²) in [6.45, 7) is 8.84. The molecule has 1 aliphatic carbocycles. The van der Waals surface area contributed by atoms with Crippen molar-refractivity contribution in [3.8, 4) is 11.8 Å². The Bertz CT molecular complexity index is 289. The summed E-state index contributed by atoms with van der Waals surface area (Å²) in [4.78, 5) is 0. The standard InChI is InChI=1S/C16H28O/c1-5-6-7-11-16(17)12-8-9-14(10-13-16)15(2,3)4/h14,17H,7-13H2,1-4H3. The van der Waals surface area contributed by atoms with Crippen molar-refractivity contribution in [2.75, 3.05) is 0 Å². The molecule has 0 aromatic rings. The fourth-order valence-electron chi connectivity index (χ4n) is 2.93. The summed E-state index contributed by atoms with van der Waals surface area (Å²) in [5.74, 6) is 6.74. The number of hydrogen-bond acceptors (Lipinski definition) is 1. The Kier molecular flexibility index (Phi) is 5.07. The third-order valence-electron chi connectivity index (χ3n) is 4.27. The number of rotatable bonds is 2. The fraction of sp³-hybridized carbons (Fsp3) is 0.875. The van der Waals surface area contributed by atoms with Gasteiger partial charge in [0, 0.05) is 6.42 Å². The number of hydrogen-bond donors (Lipinski definition) is 1. The molecule has 0 aromatic heterocycles. The van der Waals surface area contributed by atoms with Gasteiger partial charge in [-0.2, -0.15) is 0 Å². The lowest BCUT2D eigenvalue weighted by Gasteiger charge is -2.30. The van der Waals surface area contributed by atoms with Gasteiger partial charge in [0.25, 0.3) is 0 Å². The molecule has 1 saturated carbocycles. The molecule has 98 valence electrons. The minimum Gasteiger partial charge on any atom is -0.390 e. The Morgan fingerprint density at radius 2 is 1.94 bits per heavy atom. The van der Waals surface area contributed by atoms with E-state index in [1.807, 2.05) is 6.92 Å². The van der Waals surface area contributed by atoms with Crippen molar-refractivity contribution < 1.29 is 5.11 Å². The highest BCUT2D eigenvalue weighted by Gasteiger charge is 2.34. The molecular formula is C16H28O. The molecule has 1 N–H and O–H groups in total. The van der Waals surface area contributed by atoms with E-state index in [0.717, 1.165) is 38.0 Å². The molecule has 1 nitrogen and oxygen atoms in total. The second kappa shape index (κ2) is 5.91. The van der Waals surface area contributed by atoms with Crippen molar-refractivity contribution >= 4 is 0 Å². The maximum absolute atomic E-state index is 10.6. The molecule has 0 aliphatic heterocycles. The van der Waals surface area contributed by atoms with Gasteiger partial charge in [0.1, 0.15) is 0 Å². The maximum Gasteiger partial charge on any atom is 0.0657 e. The first kappa shape index (κ1) is 14.6. The molecule has 0 amide bonds. The predicted molar refractivity (Wildman–Crippen MR) is 73.7 cm³/mol. The van der Waals surface area contributed by atoms with E-state index in [1.54, 1.807) is 0 Å². The third-order valence-corrected chi connectivity index (χ3v) is 4.27. The topological polar surface area (TPSA) is 20.2 Å². The molecule has 17 heavy (non-hydrogen) atoms. The van der Waals surface area contributed by atoms with Gasteiger partial charge >= 0.3 is 0 Å². The largest absolute Gasteiger partial charge is 0.390 e. The van der Waals surface area contributed by atoms with Crippen molar-refractivity contribution in [3.63, 3.8) is 0 Å². The van der Waals surface area contributed by atoms with E-state index in [-0.39, 0.29) is 0 Å². The van der Waals surface area contributed by atoms with Gasteiger partial charge in [-0.1, -0.05) is 27.2 Å². The molecule has 1 fully saturated rings. The number of aliphatic hydroxyl groups is 1. The van der Waals surface area contributed by atoms with Crippen LogP contribution in [0.1, 0.15) is 72.6 Å². The molecule has 1 rings (SSSR count). The van der Waals surface area contributed by atoms with Gasteiger partial charge in [-0.05, 0) is 50.4 Å². The molecule has 0 radical (unpaired) electrons. The fourth-order valence-corrected chi connectivity index (χ4v) is 2.93. The van der Waals surface area contributed by atoms with Crippen molar-refractivity contribution in [2.45, 2.75) is 78.2 Å². The molecule has 0 spiro atoms. The van der Waals surface area contributed by atoms with Crippen molar-refractivity contribution in [3.05, 3.63) is 0 Å². The van der Waals surface area contributed by atoms with E-state index in [0.29, 0.717) is 5.41 Å². The highest BCUT2D eigenvalue weighted by Crippen LogP contribution is 2.40. The van der Waals surface area contributed by atoms with Crippen molar-refractivity contribution in [2.24, 2.45) is 11.3 Å². The van der Waals surface area contributed by atoms with Gasteiger partial charge in [-0.25, -0.2) is 0 Å². The van der Waals surface area contributed by atoms with E-state index in [2.05, 4.69) is 32.6 Å². The summed E-state index contributed by atoms with van der Waals surface area (Å²) in [6, 6.07) is 0. The Hall–Kier alpha value is -0.480. The molecule has 1 heteroatoms. The summed E-state index contributed by atoms with van der Waals surface area (Å²) < 4.78 is 0. The van der Waals surface area contributed by atoms with Gasteiger partial charge in [-0.3, -0.25) is 0 Å². The van der Waals surface area contributed by atoms with Gasteiger partial charge < -0.3 is 5.11 Å². The Balaban J connectivity index is 2.53. The van der Waals surface area contributed by atoms with Crippen LogP contribution >= 0.6 is 0 Å². The molecule has 0 aromatic carbocycles. The molecule has 0 heterocycles. The van der Waals surface area contributed by atoms with E-state index >= 15 is 0 Å². The highest BCUT2D eigenvalue weighted by molar-refractivity contribution is 4.97. The summed E-state index contributed by atoms with van der Waals surface area (Å²) in [7, 11) is 0. The zero-order chi connectivity index (χ0) is 12.9. The zero-order valence-electron chi connectivity index (χ0n) is 12.0. The first-order valence-corrected chi connectivity index (χ1v) is 6.99. The van der Waals surface area contributed by atoms with Crippen LogP contribution in [-0.2, 0) is 0 Å². The minimum atomic E-state index is -0.441. The molecular weight excluding hydrogens is 208 g/mol. The maximum atomic E-state index is 10.6. The first-order valence-electron chi connectivity index (χ1n) is 6.99. The summed E-state index contributed by atoms with van der Waals surface area (Å²) in [6.07, 6.45) is 7.21. The Morgan fingerprint density at radius 3 is 2.53 bits per heavy atom. The highest BCUT2D eigenvalue weighted by atomic mass is 16.3. The first-order chi connectivity index (χ1) is 7.87. The SMILES string of the molecule is CC#CCCC1(O)CCCC(C(C)(C)C)CC1. The summed E-state index contributed by atoms with van der Waals surface area (Å²) in [5.41, 5.74) is -0.0572. The lowest BCUT2D eigenvalue weighted by atomic mass is 9.76. The van der Waals surface area contributed by atoms with Crippen molar-refractivity contribution in [1.82, 2.24) is 0 Å². The molecule has 0 saturated heterocycles. The predicted octanol–water partition coefficient (Wildman–Crippen LogP) is 4.15. The van der Waals surface area contributed by atoms with E-state index < -0.39 is 5.60 Å². The molecule has 0 bridgehead atoms. The normalized spacial score (nSPS) is 30.3. The molecule has 2 atom stereocenters. The van der Waals surface area contributed by atoms with Crippen LogP contribution in [0.5, 0.6) is 0 Å². The van der Waals surface area contributed by atoms with E-state index in [9.17, 15) is 5.11 Å². The minimum absolute atomic E-state index is 0.383. The smallest absolute Gasteiger partial charge is 0.0657 e. The van der Waals surface area contributed by atoms with Crippen LogP contribution in [-0.4, -0.2) is 10.7 Å². The van der Waals surface area contributed by atoms with E-state index in [4.69, 9.17) is 0 Å². The zero-order valence-corrected chi connectivity index (χ0v) is 12.0. The molecule has 2 unspecified atom stereocenters.